The summed E-state index contributed by atoms with van der Waals surface area (Å²) in [5.74, 6) is -2.75. The molecule has 4 rings (SSSR count). The SMILES string of the molecule is CCOC(=O)C1=NN(c2cccc(Cl)c2)[C@H]2C(=O)N(c3ccc(Br)cc3)C(=O)[C@@H]12. The molecule has 2 heterocycles. The van der Waals surface area contributed by atoms with Gasteiger partial charge in [0, 0.05) is 9.50 Å². The van der Waals surface area contributed by atoms with Gasteiger partial charge in [0.05, 0.1) is 18.0 Å². The van der Waals surface area contributed by atoms with E-state index in [2.05, 4.69) is 21.0 Å². The standard InChI is InChI=1S/C20H15BrClN3O4/c1-2-29-20(28)16-15-17(25(23-16)14-5-3-4-12(22)10-14)19(27)24(18(15)26)13-8-6-11(21)7-9-13/h3-10,15,17H,2H2,1H3/t15-,17+/m0/s1. The number of hydrogen-bond donors (Lipinski definition) is 0. The minimum atomic E-state index is -1.05. The zero-order valence-corrected chi connectivity index (χ0v) is 17.6. The fourth-order valence-corrected chi connectivity index (χ4v) is 3.91. The highest BCUT2D eigenvalue weighted by Crippen LogP contribution is 2.38. The van der Waals surface area contributed by atoms with Crippen molar-refractivity contribution in [1.82, 2.24) is 0 Å². The van der Waals surface area contributed by atoms with E-state index in [0.29, 0.717) is 16.4 Å². The highest BCUT2D eigenvalue weighted by molar-refractivity contribution is 9.10. The van der Waals surface area contributed by atoms with Crippen LogP contribution < -0.4 is 9.91 Å². The smallest absolute Gasteiger partial charge is 0.355 e. The maximum Gasteiger partial charge on any atom is 0.355 e. The van der Waals surface area contributed by atoms with Crippen LogP contribution in [0.25, 0.3) is 0 Å². The van der Waals surface area contributed by atoms with Crippen LogP contribution in [-0.2, 0) is 19.1 Å². The van der Waals surface area contributed by atoms with Crippen LogP contribution in [0.1, 0.15) is 6.92 Å². The Morgan fingerprint density at radius 3 is 2.52 bits per heavy atom. The summed E-state index contributed by atoms with van der Waals surface area (Å²) in [5, 5.41) is 6.11. The number of carbonyl (C=O) groups is 3. The van der Waals surface area contributed by atoms with Crippen molar-refractivity contribution < 1.29 is 19.1 Å². The molecule has 2 aliphatic heterocycles. The van der Waals surface area contributed by atoms with Gasteiger partial charge in [0.2, 0.25) is 5.91 Å². The number of benzene rings is 2. The molecule has 0 unspecified atom stereocenters. The summed E-state index contributed by atoms with van der Waals surface area (Å²) in [6.45, 7) is 1.79. The van der Waals surface area contributed by atoms with E-state index in [-0.39, 0.29) is 12.3 Å². The number of hydrogen-bond acceptors (Lipinski definition) is 6. The Hall–Kier alpha value is -2.71. The van der Waals surface area contributed by atoms with Gasteiger partial charge in [0.15, 0.2) is 5.71 Å². The second-order valence-corrected chi connectivity index (χ2v) is 7.79. The molecule has 2 atom stereocenters. The number of ether oxygens (including phenoxy) is 1. The van der Waals surface area contributed by atoms with Gasteiger partial charge < -0.3 is 4.74 Å². The fraction of sp³-hybridized carbons (Fsp3) is 0.200. The van der Waals surface area contributed by atoms with Crippen molar-refractivity contribution in [3.05, 3.63) is 58.0 Å². The van der Waals surface area contributed by atoms with Gasteiger partial charge in [-0.05, 0) is 49.4 Å². The van der Waals surface area contributed by atoms with Gasteiger partial charge in [-0.2, -0.15) is 5.10 Å². The Labute approximate surface area is 180 Å². The van der Waals surface area contributed by atoms with E-state index in [1.807, 2.05) is 0 Å². The van der Waals surface area contributed by atoms with E-state index in [1.54, 1.807) is 55.5 Å². The molecule has 0 aromatic heterocycles. The van der Waals surface area contributed by atoms with Crippen LogP contribution in [0.4, 0.5) is 11.4 Å². The van der Waals surface area contributed by atoms with Crippen LogP contribution >= 0.6 is 27.5 Å². The van der Waals surface area contributed by atoms with E-state index in [4.69, 9.17) is 16.3 Å². The Balaban J connectivity index is 1.79. The third-order valence-electron chi connectivity index (χ3n) is 4.69. The van der Waals surface area contributed by atoms with Gasteiger partial charge in [-0.15, -0.1) is 0 Å². The van der Waals surface area contributed by atoms with Gasteiger partial charge in [0.1, 0.15) is 12.0 Å². The van der Waals surface area contributed by atoms with E-state index in [0.717, 1.165) is 9.37 Å². The molecule has 1 saturated heterocycles. The van der Waals surface area contributed by atoms with Crippen molar-refractivity contribution in [2.45, 2.75) is 13.0 Å². The van der Waals surface area contributed by atoms with E-state index in [1.165, 1.54) is 5.01 Å². The van der Waals surface area contributed by atoms with E-state index in [9.17, 15) is 14.4 Å². The van der Waals surface area contributed by atoms with E-state index < -0.39 is 29.7 Å². The van der Waals surface area contributed by atoms with Crippen molar-refractivity contribution in [3.8, 4) is 0 Å². The Morgan fingerprint density at radius 2 is 1.86 bits per heavy atom. The van der Waals surface area contributed by atoms with Crippen molar-refractivity contribution >= 4 is 62.4 Å². The molecule has 0 N–H and O–H groups in total. The van der Waals surface area contributed by atoms with Gasteiger partial charge in [0.25, 0.3) is 5.91 Å². The molecule has 0 saturated carbocycles. The van der Waals surface area contributed by atoms with Crippen molar-refractivity contribution in [2.75, 3.05) is 16.5 Å². The number of halogens is 2. The van der Waals surface area contributed by atoms with Gasteiger partial charge in [-0.25, -0.2) is 9.69 Å². The van der Waals surface area contributed by atoms with Crippen LogP contribution in [0, 0.1) is 5.92 Å². The molecular weight excluding hydrogens is 462 g/mol. The zero-order chi connectivity index (χ0) is 20.7. The van der Waals surface area contributed by atoms with Gasteiger partial charge in [-0.1, -0.05) is 33.6 Å². The number of fused-ring (bicyclic) bond motifs is 1. The third-order valence-corrected chi connectivity index (χ3v) is 5.46. The number of anilines is 2. The summed E-state index contributed by atoms with van der Waals surface area (Å²) in [4.78, 5) is 40.0. The first kappa shape index (κ1) is 19.6. The predicted molar refractivity (Wildman–Crippen MR) is 112 cm³/mol. The molecule has 0 aliphatic carbocycles. The van der Waals surface area contributed by atoms with Crippen LogP contribution in [0.5, 0.6) is 0 Å². The lowest BCUT2D eigenvalue weighted by Crippen LogP contribution is -2.39. The third kappa shape index (κ3) is 3.32. The summed E-state index contributed by atoms with van der Waals surface area (Å²) >= 11 is 9.42. The second kappa shape index (κ2) is 7.61. The predicted octanol–water partition coefficient (Wildman–Crippen LogP) is 3.40. The van der Waals surface area contributed by atoms with Gasteiger partial charge >= 0.3 is 5.97 Å². The molecule has 1 fully saturated rings. The minimum absolute atomic E-state index is 0.0882. The topological polar surface area (TPSA) is 79.3 Å². The normalized spacial score (nSPS) is 20.7. The zero-order valence-electron chi connectivity index (χ0n) is 15.2. The fourth-order valence-electron chi connectivity index (χ4n) is 3.46. The molecule has 2 aromatic rings. The molecule has 0 radical (unpaired) electrons. The molecule has 148 valence electrons. The molecule has 9 heteroatoms. The van der Waals surface area contributed by atoms with Crippen molar-refractivity contribution in [1.29, 1.82) is 0 Å². The quantitative estimate of drug-likeness (QED) is 0.499. The molecule has 0 spiro atoms. The number of imide groups is 1. The Bertz CT molecular complexity index is 1040. The summed E-state index contributed by atoms with van der Waals surface area (Å²) in [6, 6.07) is 12.5. The molecule has 7 nitrogen and oxygen atoms in total. The number of rotatable bonds is 4. The van der Waals surface area contributed by atoms with Crippen LogP contribution in [0.3, 0.4) is 0 Å². The molecule has 2 aliphatic rings. The maximum absolute atomic E-state index is 13.3. The largest absolute Gasteiger partial charge is 0.461 e. The number of nitrogens with zero attached hydrogens (tertiary/aromatic N) is 3. The lowest BCUT2D eigenvalue weighted by Gasteiger charge is -2.22. The first-order valence-electron chi connectivity index (χ1n) is 8.86. The summed E-state index contributed by atoms with van der Waals surface area (Å²) < 4.78 is 5.89. The van der Waals surface area contributed by atoms with Gasteiger partial charge in [-0.3, -0.25) is 14.6 Å². The maximum atomic E-state index is 13.3. The monoisotopic (exact) mass is 475 g/mol. The van der Waals surface area contributed by atoms with Crippen LogP contribution in [-0.4, -0.2) is 36.1 Å². The molecule has 0 bridgehead atoms. The Morgan fingerprint density at radius 1 is 1.14 bits per heavy atom. The van der Waals surface area contributed by atoms with Crippen molar-refractivity contribution in [3.63, 3.8) is 0 Å². The highest BCUT2D eigenvalue weighted by Gasteiger charge is 2.59. The van der Waals surface area contributed by atoms with Crippen LogP contribution in [0.2, 0.25) is 5.02 Å². The number of esters is 1. The first-order valence-corrected chi connectivity index (χ1v) is 10.0. The highest BCUT2D eigenvalue weighted by atomic mass is 79.9. The Kier molecular flexibility index (Phi) is 5.14. The molecular formula is C20H15BrClN3O4. The summed E-state index contributed by atoms with van der Waals surface area (Å²) in [6.07, 6.45) is 0. The molecule has 2 aromatic carbocycles. The minimum Gasteiger partial charge on any atom is -0.461 e. The number of amides is 2. The average molecular weight is 477 g/mol. The number of carbonyl (C=O) groups excluding carboxylic acids is 3. The summed E-state index contributed by atoms with van der Waals surface area (Å²) in [7, 11) is 0. The molecule has 2 amide bonds. The summed E-state index contributed by atoms with van der Waals surface area (Å²) in [5.41, 5.74) is 0.840. The first-order chi connectivity index (χ1) is 13.9. The second-order valence-electron chi connectivity index (χ2n) is 6.44. The molecule has 29 heavy (non-hydrogen) atoms. The number of hydrazone groups is 1. The van der Waals surface area contributed by atoms with Crippen LogP contribution in [0.15, 0.2) is 58.1 Å². The lowest BCUT2D eigenvalue weighted by atomic mass is 9.98. The van der Waals surface area contributed by atoms with Crippen molar-refractivity contribution in [2.24, 2.45) is 11.0 Å². The average Bonchev–Trinajstić information content (AvgIpc) is 3.21. The lowest BCUT2D eigenvalue weighted by molar-refractivity contribution is -0.136. The van der Waals surface area contributed by atoms with E-state index >= 15 is 0 Å².